The number of esters is 1. The number of amides is 4. The van der Waals surface area contributed by atoms with E-state index in [1.54, 1.807) is 32.0 Å². The summed E-state index contributed by atoms with van der Waals surface area (Å²) < 4.78 is 15.6. The van der Waals surface area contributed by atoms with E-state index in [0.717, 1.165) is 10.5 Å². The van der Waals surface area contributed by atoms with E-state index in [1.807, 2.05) is 0 Å². The molecule has 1 atom stereocenters. The summed E-state index contributed by atoms with van der Waals surface area (Å²) in [5.41, 5.74) is -0.203. The molecular weight excluding hydrogens is 394 g/mol. The number of benzene rings is 1. The summed E-state index contributed by atoms with van der Waals surface area (Å²) in [6.45, 7) is 4.81. The van der Waals surface area contributed by atoms with Crippen molar-refractivity contribution >= 4 is 23.8 Å². The Labute approximate surface area is 173 Å². The highest BCUT2D eigenvalue weighted by Crippen LogP contribution is 2.32. The first-order chi connectivity index (χ1) is 14.3. The molecular formula is C20H25N3O7. The van der Waals surface area contributed by atoms with Crippen LogP contribution in [0.1, 0.15) is 39.2 Å². The number of hydrogen-bond donors (Lipinski definition) is 2. The lowest BCUT2D eigenvalue weighted by molar-refractivity contribution is -0.156. The van der Waals surface area contributed by atoms with Crippen LogP contribution in [-0.4, -0.2) is 53.7 Å². The summed E-state index contributed by atoms with van der Waals surface area (Å²) in [7, 11) is 0. The Morgan fingerprint density at radius 3 is 2.60 bits per heavy atom. The van der Waals surface area contributed by atoms with E-state index >= 15 is 0 Å². The summed E-state index contributed by atoms with van der Waals surface area (Å²) in [6.07, 6.45) is -0.259. The molecule has 10 heteroatoms. The lowest BCUT2D eigenvalue weighted by Gasteiger charge is -2.23. The Balaban J connectivity index is 1.49. The summed E-state index contributed by atoms with van der Waals surface area (Å²) in [4.78, 5) is 49.9. The standard InChI is InChI=1S/C20H25N3O7/c1-4-20(5-2)18(26)23(19(27)22-20)10-16(24)30-12(3)17(25)21-9-13-6-7-14-15(8-13)29-11-28-14/h6-8,12H,4-5,9-11H2,1-3H3,(H,21,25)(H,22,27)/t12-/m1/s1. The van der Waals surface area contributed by atoms with Crippen molar-refractivity contribution in [3.05, 3.63) is 23.8 Å². The van der Waals surface area contributed by atoms with E-state index in [2.05, 4.69) is 10.6 Å². The van der Waals surface area contributed by atoms with Gasteiger partial charge in [0, 0.05) is 6.54 Å². The van der Waals surface area contributed by atoms with Gasteiger partial charge in [0.15, 0.2) is 17.6 Å². The fourth-order valence-electron chi connectivity index (χ4n) is 3.35. The van der Waals surface area contributed by atoms with Gasteiger partial charge in [0.1, 0.15) is 12.1 Å². The fraction of sp³-hybridized carbons (Fsp3) is 0.500. The quantitative estimate of drug-likeness (QED) is 0.477. The van der Waals surface area contributed by atoms with Crippen LogP contribution in [0, 0.1) is 0 Å². The Bertz CT molecular complexity index is 866. The average Bonchev–Trinajstić information content (AvgIpc) is 3.29. The number of hydrogen-bond acceptors (Lipinski definition) is 7. The molecule has 2 heterocycles. The molecule has 3 rings (SSSR count). The topological polar surface area (TPSA) is 123 Å². The Hall–Kier alpha value is -3.30. The third kappa shape index (κ3) is 4.17. The van der Waals surface area contributed by atoms with Crippen LogP contribution in [0.5, 0.6) is 11.5 Å². The van der Waals surface area contributed by atoms with Crippen LogP contribution in [0.25, 0.3) is 0 Å². The number of ether oxygens (including phenoxy) is 3. The van der Waals surface area contributed by atoms with Crippen molar-refractivity contribution in [2.45, 2.75) is 51.8 Å². The van der Waals surface area contributed by atoms with Gasteiger partial charge in [-0.2, -0.15) is 0 Å². The second-order valence-electron chi connectivity index (χ2n) is 7.15. The molecule has 0 saturated carbocycles. The third-order valence-electron chi connectivity index (χ3n) is 5.32. The van der Waals surface area contributed by atoms with Crippen molar-refractivity contribution in [1.29, 1.82) is 0 Å². The number of carbonyl (C=O) groups is 4. The summed E-state index contributed by atoms with van der Waals surface area (Å²) >= 11 is 0. The van der Waals surface area contributed by atoms with E-state index in [-0.39, 0.29) is 13.3 Å². The lowest BCUT2D eigenvalue weighted by atomic mass is 9.93. The van der Waals surface area contributed by atoms with Gasteiger partial charge in [0.05, 0.1) is 0 Å². The molecule has 1 fully saturated rings. The van der Waals surface area contributed by atoms with Crippen molar-refractivity contribution in [3.63, 3.8) is 0 Å². The van der Waals surface area contributed by atoms with Crippen LogP contribution in [0.2, 0.25) is 0 Å². The number of carbonyl (C=O) groups excluding carboxylic acids is 4. The number of nitrogens with zero attached hydrogens (tertiary/aromatic N) is 1. The number of nitrogens with one attached hydrogen (secondary N) is 2. The Morgan fingerprint density at radius 2 is 1.93 bits per heavy atom. The molecule has 2 N–H and O–H groups in total. The van der Waals surface area contributed by atoms with Crippen molar-refractivity contribution in [2.24, 2.45) is 0 Å². The van der Waals surface area contributed by atoms with Gasteiger partial charge in [0.25, 0.3) is 11.8 Å². The third-order valence-corrected chi connectivity index (χ3v) is 5.32. The molecule has 2 aliphatic rings. The van der Waals surface area contributed by atoms with Gasteiger partial charge in [-0.15, -0.1) is 0 Å². The molecule has 1 saturated heterocycles. The molecule has 0 unspecified atom stereocenters. The minimum absolute atomic E-state index is 0.160. The predicted molar refractivity (Wildman–Crippen MR) is 104 cm³/mol. The number of imide groups is 1. The van der Waals surface area contributed by atoms with Gasteiger partial charge in [-0.05, 0) is 37.5 Å². The second-order valence-corrected chi connectivity index (χ2v) is 7.15. The van der Waals surface area contributed by atoms with Gasteiger partial charge in [-0.25, -0.2) is 4.79 Å². The first kappa shape index (κ1) is 21.4. The van der Waals surface area contributed by atoms with Crippen LogP contribution in [0.3, 0.4) is 0 Å². The zero-order valence-corrected chi connectivity index (χ0v) is 17.1. The molecule has 162 valence electrons. The molecule has 2 aliphatic heterocycles. The van der Waals surface area contributed by atoms with E-state index in [9.17, 15) is 19.2 Å². The first-order valence-electron chi connectivity index (χ1n) is 9.79. The minimum atomic E-state index is -1.09. The van der Waals surface area contributed by atoms with E-state index < -0.39 is 42.0 Å². The van der Waals surface area contributed by atoms with Crippen LogP contribution >= 0.6 is 0 Å². The van der Waals surface area contributed by atoms with Crippen molar-refractivity contribution in [3.8, 4) is 11.5 Å². The number of fused-ring (bicyclic) bond motifs is 1. The highest BCUT2D eigenvalue weighted by Gasteiger charge is 2.49. The van der Waals surface area contributed by atoms with Crippen molar-refractivity contribution in [2.75, 3.05) is 13.3 Å². The van der Waals surface area contributed by atoms with E-state index in [0.29, 0.717) is 24.3 Å². The molecule has 0 bridgehead atoms. The average molecular weight is 419 g/mol. The molecule has 0 aromatic heterocycles. The van der Waals surface area contributed by atoms with Gasteiger partial charge in [-0.1, -0.05) is 19.9 Å². The monoisotopic (exact) mass is 419 g/mol. The largest absolute Gasteiger partial charge is 0.454 e. The zero-order valence-electron chi connectivity index (χ0n) is 17.1. The molecule has 0 spiro atoms. The molecule has 10 nitrogen and oxygen atoms in total. The van der Waals surface area contributed by atoms with Crippen molar-refractivity contribution < 1.29 is 33.4 Å². The van der Waals surface area contributed by atoms with Gasteiger partial charge in [0.2, 0.25) is 6.79 Å². The molecule has 0 aliphatic carbocycles. The fourth-order valence-corrected chi connectivity index (χ4v) is 3.35. The first-order valence-corrected chi connectivity index (χ1v) is 9.79. The number of rotatable bonds is 8. The second kappa shape index (κ2) is 8.60. The maximum Gasteiger partial charge on any atom is 0.327 e. The summed E-state index contributed by atoms with van der Waals surface area (Å²) in [6, 6.07) is 4.65. The summed E-state index contributed by atoms with van der Waals surface area (Å²) in [5.74, 6) is -0.565. The molecule has 1 aromatic rings. The predicted octanol–water partition coefficient (Wildman–Crippen LogP) is 1.07. The van der Waals surface area contributed by atoms with E-state index in [1.165, 1.54) is 6.92 Å². The summed E-state index contributed by atoms with van der Waals surface area (Å²) in [5, 5.41) is 5.30. The Morgan fingerprint density at radius 1 is 1.23 bits per heavy atom. The maximum atomic E-state index is 12.5. The minimum Gasteiger partial charge on any atom is -0.454 e. The van der Waals surface area contributed by atoms with Crippen LogP contribution in [-0.2, 0) is 25.7 Å². The molecule has 0 radical (unpaired) electrons. The van der Waals surface area contributed by atoms with E-state index in [4.69, 9.17) is 14.2 Å². The lowest BCUT2D eigenvalue weighted by Crippen LogP contribution is -2.46. The van der Waals surface area contributed by atoms with Gasteiger partial charge < -0.3 is 24.8 Å². The maximum absolute atomic E-state index is 12.5. The smallest absolute Gasteiger partial charge is 0.327 e. The molecule has 30 heavy (non-hydrogen) atoms. The number of urea groups is 1. The van der Waals surface area contributed by atoms with Gasteiger partial charge in [-0.3, -0.25) is 19.3 Å². The van der Waals surface area contributed by atoms with Crippen LogP contribution in [0.15, 0.2) is 18.2 Å². The molecule has 4 amide bonds. The molecule has 1 aromatic carbocycles. The van der Waals surface area contributed by atoms with Crippen LogP contribution in [0.4, 0.5) is 4.79 Å². The zero-order chi connectivity index (χ0) is 21.9. The SMILES string of the molecule is CCC1(CC)NC(=O)N(CC(=O)O[C@H](C)C(=O)NCc2ccc3c(c2)OCO3)C1=O. The van der Waals surface area contributed by atoms with Crippen LogP contribution < -0.4 is 20.1 Å². The Kier molecular flexibility index (Phi) is 6.14. The van der Waals surface area contributed by atoms with Gasteiger partial charge >= 0.3 is 12.0 Å². The highest BCUT2D eigenvalue weighted by atomic mass is 16.7. The highest BCUT2D eigenvalue weighted by molar-refractivity contribution is 6.08. The van der Waals surface area contributed by atoms with Crippen molar-refractivity contribution in [1.82, 2.24) is 15.5 Å². The normalized spacial score (nSPS) is 17.5.